The molecule has 0 saturated heterocycles. The predicted molar refractivity (Wildman–Crippen MR) is 80.8 cm³/mol. The monoisotopic (exact) mass is 299 g/mol. The first-order chi connectivity index (χ1) is 9.22. The fourth-order valence-corrected chi connectivity index (χ4v) is 2.52. The number of hydrogen-bond acceptors (Lipinski definition) is 6. The predicted octanol–water partition coefficient (Wildman–Crippen LogP) is 0.565. The van der Waals surface area contributed by atoms with Crippen LogP contribution < -0.4 is 21.7 Å². The smallest absolute Gasteiger partial charge is 0.266 e. The molecule has 20 heavy (non-hydrogen) atoms. The lowest BCUT2D eigenvalue weighted by atomic mass is 10.1. The molecule has 1 rings (SSSR count). The molecule has 0 saturated carbocycles. The maximum Gasteiger partial charge on any atom is 0.266 e. The molecule has 7 nitrogen and oxygen atoms in total. The average Bonchev–Trinajstić information content (AvgIpc) is 2.72. The third-order valence-corrected chi connectivity index (χ3v) is 4.06. The van der Waals surface area contributed by atoms with Crippen LogP contribution in [-0.4, -0.2) is 35.4 Å². The Morgan fingerprint density at radius 1 is 1.35 bits per heavy atom. The number of thiazole rings is 1. The van der Waals surface area contributed by atoms with Gasteiger partial charge in [0.25, 0.3) is 5.91 Å². The molecule has 0 fully saturated rings. The molecular weight excluding hydrogens is 278 g/mol. The molecule has 0 bridgehead atoms. The molecule has 0 radical (unpaired) electrons. The summed E-state index contributed by atoms with van der Waals surface area (Å²) in [6.07, 6.45) is 0. The Balaban J connectivity index is 2.98. The molecule has 0 aliphatic carbocycles. The highest BCUT2D eigenvalue weighted by molar-refractivity contribution is 7.18. The Labute approximate surface area is 122 Å². The topological polar surface area (TPSA) is 114 Å². The van der Waals surface area contributed by atoms with Gasteiger partial charge in [0.15, 0.2) is 5.13 Å². The van der Waals surface area contributed by atoms with Gasteiger partial charge in [0.2, 0.25) is 5.91 Å². The Morgan fingerprint density at radius 3 is 2.35 bits per heavy atom. The van der Waals surface area contributed by atoms with Gasteiger partial charge >= 0.3 is 0 Å². The Kier molecular flexibility index (Phi) is 4.93. The lowest BCUT2D eigenvalue weighted by Crippen LogP contribution is -2.52. The molecule has 1 aromatic heterocycles. The van der Waals surface area contributed by atoms with E-state index in [9.17, 15) is 9.59 Å². The number of amides is 2. The van der Waals surface area contributed by atoms with E-state index in [2.05, 4.69) is 10.3 Å². The van der Waals surface area contributed by atoms with Crippen molar-refractivity contribution < 1.29 is 9.59 Å². The normalized spacial score (nSPS) is 11.2. The summed E-state index contributed by atoms with van der Waals surface area (Å²) in [5, 5.41) is 3.25. The van der Waals surface area contributed by atoms with Crippen LogP contribution in [0.4, 0.5) is 10.9 Å². The molecule has 0 atom stereocenters. The van der Waals surface area contributed by atoms with Crippen molar-refractivity contribution in [3.05, 3.63) is 4.88 Å². The molecule has 8 heteroatoms. The molecule has 1 heterocycles. The highest BCUT2D eigenvalue weighted by Gasteiger charge is 2.29. The summed E-state index contributed by atoms with van der Waals surface area (Å²) in [6, 6.07) is 0. The van der Waals surface area contributed by atoms with Crippen molar-refractivity contribution in [3.8, 4) is 0 Å². The van der Waals surface area contributed by atoms with E-state index in [4.69, 9.17) is 11.5 Å². The standard InChI is InChI=1S/C12H21N5O2S/c1-5-17(6-2)11-15-8(13)7(20-11)9(18)16-12(3,4)10(14)19/h5-6,13H2,1-4H3,(H2,14,19)(H,16,18). The van der Waals surface area contributed by atoms with Crippen LogP contribution in [0, 0.1) is 0 Å². The molecule has 1 aromatic rings. The second-order valence-corrected chi connectivity index (χ2v) is 5.80. The van der Waals surface area contributed by atoms with Gasteiger partial charge in [0.1, 0.15) is 16.2 Å². The molecule has 0 unspecified atom stereocenters. The van der Waals surface area contributed by atoms with Gasteiger partial charge in [-0.1, -0.05) is 11.3 Å². The highest BCUT2D eigenvalue weighted by atomic mass is 32.1. The summed E-state index contributed by atoms with van der Waals surface area (Å²) >= 11 is 1.20. The molecule has 2 amide bonds. The van der Waals surface area contributed by atoms with Crippen molar-refractivity contribution in [2.24, 2.45) is 5.73 Å². The maximum absolute atomic E-state index is 12.2. The van der Waals surface area contributed by atoms with Crippen molar-refractivity contribution in [1.29, 1.82) is 0 Å². The number of nitrogen functional groups attached to an aromatic ring is 1. The summed E-state index contributed by atoms with van der Waals surface area (Å²) in [7, 11) is 0. The third-order valence-electron chi connectivity index (χ3n) is 2.92. The van der Waals surface area contributed by atoms with Crippen molar-refractivity contribution in [3.63, 3.8) is 0 Å². The second kappa shape index (κ2) is 6.08. The van der Waals surface area contributed by atoms with Gasteiger partial charge in [0, 0.05) is 13.1 Å². The third kappa shape index (κ3) is 3.38. The number of primary amides is 1. The molecule has 0 aliphatic heterocycles. The van der Waals surface area contributed by atoms with Crippen molar-refractivity contribution in [1.82, 2.24) is 10.3 Å². The fraction of sp³-hybridized carbons (Fsp3) is 0.583. The zero-order valence-electron chi connectivity index (χ0n) is 12.2. The largest absolute Gasteiger partial charge is 0.382 e. The molecule has 0 aliphatic rings. The van der Waals surface area contributed by atoms with E-state index in [0.29, 0.717) is 10.0 Å². The molecule has 5 N–H and O–H groups in total. The SMILES string of the molecule is CCN(CC)c1nc(N)c(C(=O)NC(C)(C)C(N)=O)s1. The van der Waals surface area contributed by atoms with Gasteiger partial charge in [-0.05, 0) is 27.7 Å². The summed E-state index contributed by atoms with van der Waals surface area (Å²) in [5.74, 6) is -0.894. The van der Waals surface area contributed by atoms with Gasteiger partial charge in [-0.15, -0.1) is 0 Å². The van der Waals surface area contributed by atoms with E-state index in [1.807, 2.05) is 18.7 Å². The summed E-state index contributed by atoms with van der Waals surface area (Å²) < 4.78 is 0. The minimum absolute atomic E-state index is 0.162. The number of nitrogens with zero attached hydrogens (tertiary/aromatic N) is 2. The van der Waals surface area contributed by atoms with Crippen molar-refractivity contribution in [2.45, 2.75) is 33.2 Å². The van der Waals surface area contributed by atoms with Crippen molar-refractivity contribution in [2.75, 3.05) is 23.7 Å². The summed E-state index contributed by atoms with van der Waals surface area (Å²) in [4.78, 5) is 29.9. The van der Waals surface area contributed by atoms with Crippen LogP contribution in [0.5, 0.6) is 0 Å². The number of hydrogen-bond donors (Lipinski definition) is 3. The first-order valence-electron chi connectivity index (χ1n) is 6.36. The van der Waals surface area contributed by atoms with Crippen LogP contribution >= 0.6 is 11.3 Å². The zero-order chi connectivity index (χ0) is 15.5. The van der Waals surface area contributed by atoms with Gasteiger partial charge < -0.3 is 21.7 Å². The van der Waals surface area contributed by atoms with E-state index < -0.39 is 17.4 Å². The van der Waals surface area contributed by atoms with Crippen LogP contribution in [0.25, 0.3) is 0 Å². The van der Waals surface area contributed by atoms with E-state index >= 15 is 0 Å². The van der Waals surface area contributed by atoms with E-state index in [1.165, 1.54) is 25.2 Å². The van der Waals surface area contributed by atoms with Crippen LogP contribution in [-0.2, 0) is 4.79 Å². The van der Waals surface area contributed by atoms with Gasteiger partial charge in [-0.3, -0.25) is 9.59 Å². The van der Waals surface area contributed by atoms with Gasteiger partial charge in [0.05, 0.1) is 0 Å². The van der Waals surface area contributed by atoms with Crippen LogP contribution in [0.15, 0.2) is 0 Å². The number of aromatic nitrogens is 1. The lowest BCUT2D eigenvalue weighted by Gasteiger charge is -2.21. The molecular formula is C12H21N5O2S. The zero-order valence-corrected chi connectivity index (χ0v) is 13.0. The molecule has 112 valence electrons. The fourth-order valence-electron chi connectivity index (χ4n) is 1.51. The Bertz CT molecular complexity index is 508. The van der Waals surface area contributed by atoms with Crippen LogP contribution in [0.2, 0.25) is 0 Å². The van der Waals surface area contributed by atoms with Crippen molar-refractivity contribution >= 4 is 34.1 Å². The molecule has 0 aromatic carbocycles. The van der Waals surface area contributed by atoms with E-state index in [1.54, 1.807) is 0 Å². The number of carbonyl (C=O) groups excluding carboxylic acids is 2. The Morgan fingerprint density at radius 2 is 1.90 bits per heavy atom. The number of carbonyl (C=O) groups is 2. The number of nitrogens with two attached hydrogens (primary N) is 2. The first-order valence-corrected chi connectivity index (χ1v) is 7.18. The number of anilines is 2. The Hall–Kier alpha value is -1.83. The number of rotatable bonds is 6. The minimum Gasteiger partial charge on any atom is -0.382 e. The van der Waals surface area contributed by atoms with Crippen LogP contribution in [0.3, 0.4) is 0 Å². The maximum atomic E-state index is 12.2. The molecule has 0 spiro atoms. The quantitative estimate of drug-likeness (QED) is 0.710. The average molecular weight is 299 g/mol. The van der Waals surface area contributed by atoms with E-state index in [-0.39, 0.29) is 5.82 Å². The number of nitrogens with one attached hydrogen (secondary N) is 1. The van der Waals surface area contributed by atoms with E-state index in [0.717, 1.165) is 13.1 Å². The summed E-state index contributed by atoms with van der Waals surface area (Å²) in [6.45, 7) is 8.62. The minimum atomic E-state index is -1.14. The van der Waals surface area contributed by atoms with Gasteiger partial charge in [-0.2, -0.15) is 0 Å². The summed E-state index contributed by atoms with van der Waals surface area (Å²) in [5.41, 5.74) is 9.87. The van der Waals surface area contributed by atoms with Crippen LogP contribution in [0.1, 0.15) is 37.4 Å². The van der Waals surface area contributed by atoms with Gasteiger partial charge in [-0.25, -0.2) is 4.98 Å². The second-order valence-electron chi connectivity index (χ2n) is 4.83. The first kappa shape index (κ1) is 16.2. The highest BCUT2D eigenvalue weighted by Crippen LogP contribution is 2.28. The lowest BCUT2D eigenvalue weighted by molar-refractivity contribution is -0.122.